The molecular weight excluding hydrogens is 371 g/mol. The summed E-state index contributed by atoms with van der Waals surface area (Å²) in [6.45, 7) is 3.57. The molecule has 0 radical (unpaired) electrons. The number of ether oxygens (including phenoxy) is 1. The van der Waals surface area contributed by atoms with E-state index in [-0.39, 0.29) is 18.3 Å². The van der Waals surface area contributed by atoms with Crippen LogP contribution in [0.15, 0.2) is 48.5 Å². The van der Waals surface area contributed by atoms with Crippen molar-refractivity contribution in [2.45, 2.75) is 19.9 Å². The Hall–Kier alpha value is -2.61. The Morgan fingerprint density at radius 1 is 1.15 bits per heavy atom. The second kappa shape index (κ2) is 8.85. The topological polar surface area (TPSA) is 75.7 Å². The number of carbonyl (C=O) groups is 1. The van der Waals surface area contributed by atoms with Crippen molar-refractivity contribution in [1.29, 1.82) is 0 Å². The Morgan fingerprint density at radius 3 is 2.30 bits per heavy atom. The second-order valence-electron chi connectivity index (χ2n) is 6.34. The number of nitrogens with zero attached hydrogens (tertiary/aromatic N) is 1. The van der Waals surface area contributed by atoms with E-state index in [0.29, 0.717) is 5.75 Å². The van der Waals surface area contributed by atoms with Crippen LogP contribution in [0.5, 0.6) is 5.75 Å². The molecule has 146 valence electrons. The Balaban J connectivity index is 1.94. The second-order valence-corrected chi connectivity index (χ2v) is 8.25. The fourth-order valence-corrected chi connectivity index (χ4v) is 3.21. The molecule has 0 heterocycles. The van der Waals surface area contributed by atoms with Crippen LogP contribution in [-0.4, -0.2) is 39.8 Å². The minimum absolute atomic E-state index is 0.220. The zero-order chi connectivity index (χ0) is 20.0. The first-order chi connectivity index (χ1) is 12.6. The van der Waals surface area contributed by atoms with Gasteiger partial charge < -0.3 is 10.1 Å². The molecule has 1 amide bonds. The number of aryl methyl sites for hydroxylation is 1. The summed E-state index contributed by atoms with van der Waals surface area (Å²) in [5.41, 5.74) is 1.34. The maximum Gasteiger partial charge on any atom is 0.241 e. The molecular formula is C19H23FN2O4S. The molecule has 0 fully saturated rings. The zero-order valence-electron chi connectivity index (χ0n) is 15.5. The molecule has 6 nitrogen and oxygen atoms in total. The maximum atomic E-state index is 13.1. The molecule has 2 aromatic rings. The van der Waals surface area contributed by atoms with Gasteiger partial charge >= 0.3 is 0 Å². The maximum absolute atomic E-state index is 13.1. The van der Waals surface area contributed by atoms with Crippen LogP contribution in [0.2, 0.25) is 0 Å². The summed E-state index contributed by atoms with van der Waals surface area (Å²) in [6, 6.07) is 12.1. The molecule has 1 N–H and O–H groups in total. The van der Waals surface area contributed by atoms with E-state index in [1.807, 2.05) is 31.2 Å². The molecule has 0 spiro atoms. The molecule has 0 aromatic heterocycles. The Morgan fingerprint density at radius 2 is 1.74 bits per heavy atom. The molecule has 2 rings (SSSR count). The Bertz CT molecular complexity index is 868. The third-order valence-corrected chi connectivity index (χ3v) is 4.87. The lowest BCUT2D eigenvalue weighted by Crippen LogP contribution is -2.44. The van der Waals surface area contributed by atoms with Gasteiger partial charge in [-0.25, -0.2) is 12.8 Å². The minimum Gasteiger partial charge on any atom is -0.491 e. The molecule has 0 bridgehead atoms. The first kappa shape index (κ1) is 20.7. The first-order valence-electron chi connectivity index (χ1n) is 8.37. The molecule has 0 aliphatic heterocycles. The molecule has 0 aliphatic carbocycles. The van der Waals surface area contributed by atoms with Crippen molar-refractivity contribution in [2.24, 2.45) is 0 Å². The largest absolute Gasteiger partial charge is 0.491 e. The molecule has 1 unspecified atom stereocenters. The Kier molecular flexibility index (Phi) is 6.79. The third kappa shape index (κ3) is 6.56. The monoisotopic (exact) mass is 394 g/mol. The van der Waals surface area contributed by atoms with E-state index in [2.05, 4.69) is 5.32 Å². The van der Waals surface area contributed by atoms with Gasteiger partial charge in [-0.15, -0.1) is 0 Å². The number of nitrogens with one attached hydrogen (secondary N) is 1. The number of rotatable bonds is 8. The van der Waals surface area contributed by atoms with Crippen LogP contribution in [0, 0.1) is 12.7 Å². The smallest absolute Gasteiger partial charge is 0.241 e. The van der Waals surface area contributed by atoms with Gasteiger partial charge in [-0.05, 0) is 50.2 Å². The predicted octanol–water partition coefficient (Wildman–Crippen LogP) is 2.48. The van der Waals surface area contributed by atoms with Crippen molar-refractivity contribution in [3.63, 3.8) is 0 Å². The van der Waals surface area contributed by atoms with Crippen molar-refractivity contribution in [3.05, 3.63) is 59.9 Å². The van der Waals surface area contributed by atoms with Gasteiger partial charge in [-0.3, -0.25) is 9.10 Å². The van der Waals surface area contributed by atoms with Crippen molar-refractivity contribution < 1.29 is 22.3 Å². The highest BCUT2D eigenvalue weighted by molar-refractivity contribution is 7.92. The van der Waals surface area contributed by atoms with E-state index >= 15 is 0 Å². The average molecular weight is 394 g/mol. The number of carbonyl (C=O) groups excluding carboxylic acids is 1. The molecule has 27 heavy (non-hydrogen) atoms. The molecule has 2 aromatic carbocycles. The van der Waals surface area contributed by atoms with Crippen LogP contribution < -0.4 is 14.4 Å². The highest BCUT2D eigenvalue weighted by Crippen LogP contribution is 2.17. The highest BCUT2D eigenvalue weighted by atomic mass is 32.2. The number of sulfonamides is 1. The third-order valence-electron chi connectivity index (χ3n) is 3.73. The van der Waals surface area contributed by atoms with Crippen LogP contribution >= 0.6 is 0 Å². The van der Waals surface area contributed by atoms with Gasteiger partial charge in [0.15, 0.2) is 0 Å². The molecule has 0 saturated carbocycles. The summed E-state index contributed by atoms with van der Waals surface area (Å²) in [6.07, 6.45) is 0.994. The summed E-state index contributed by atoms with van der Waals surface area (Å²) in [7, 11) is -3.70. The average Bonchev–Trinajstić information content (AvgIpc) is 2.59. The van der Waals surface area contributed by atoms with Gasteiger partial charge in [0, 0.05) is 0 Å². The van der Waals surface area contributed by atoms with Gasteiger partial charge in [0.25, 0.3) is 0 Å². The van der Waals surface area contributed by atoms with E-state index in [1.54, 1.807) is 6.92 Å². The summed E-state index contributed by atoms with van der Waals surface area (Å²) < 4.78 is 43.6. The number of halogens is 1. The van der Waals surface area contributed by atoms with Crippen molar-refractivity contribution in [3.8, 4) is 5.75 Å². The van der Waals surface area contributed by atoms with Crippen LogP contribution in [0.4, 0.5) is 10.1 Å². The fourth-order valence-electron chi connectivity index (χ4n) is 2.36. The number of hydrogen-bond acceptors (Lipinski definition) is 4. The molecule has 0 aliphatic rings. The predicted molar refractivity (Wildman–Crippen MR) is 103 cm³/mol. The van der Waals surface area contributed by atoms with Gasteiger partial charge in [-0.2, -0.15) is 0 Å². The summed E-state index contributed by atoms with van der Waals surface area (Å²) in [5.74, 6) is -0.283. The lowest BCUT2D eigenvalue weighted by atomic mass is 10.2. The lowest BCUT2D eigenvalue weighted by Gasteiger charge is -2.23. The normalized spacial score (nSPS) is 12.3. The molecule has 8 heteroatoms. The van der Waals surface area contributed by atoms with Gasteiger partial charge in [-0.1, -0.05) is 17.7 Å². The number of amides is 1. The molecule has 1 atom stereocenters. The number of benzene rings is 2. The van der Waals surface area contributed by atoms with E-state index in [0.717, 1.165) is 28.3 Å². The van der Waals surface area contributed by atoms with Crippen molar-refractivity contribution in [1.82, 2.24) is 5.32 Å². The van der Waals surface area contributed by atoms with Gasteiger partial charge in [0.05, 0.1) is 18.0 Å². The van der Waals surface area contributed by atoms with Crippen LogP contribution in [0.1, 0.15) is 12.5 Å². The zero-order valence-corrected chi connectivity index (χ0v) is 16.3. The summed E-state index contributed by atoms with van der Waals surface area (Å²) in [4.78, 5) is 12.3. The Labute approximate surface area is 159 Å². The van der Waals surface area contributed by atoms with Crippen molar-refractivity contribution in [2.75, 3.05) is 23.7 Å². The lowest BCUT2D eigenvalue weighted by molar-refractivity contribution is -0.120. The number of anilines is 1. The van der Waals surface area contributed by atoms with Crippen molar-refractivity contribution >= 4 is 21.6 Å². The quantitative estimate of drug-likeness (QED) is 0.746. The van der Waals surface area contributed by atoms with Crippen LogP contribution in [0.25, 0.3) is 0 Å². The van der Waals surface area contributed by atoms with Crippen LogP contribution in [0.3, 0.4) is 0 Å². The van der Waals surface area contributed by atoms with E-state index in [4.69, 9.17) is 4.74 Å². The van der Waals surface area contributed by atoms with E-state index in [9.17, 15) is 17.6 Å². The minimum atomic E-state index is -3.70. The summed E-state index contributed by atoms with van der Waals surface area (Å²) >= 11 is 0. The van der Waals surface area contributed by atoms with E-state index < -0.39 is 28.3 Å². The van der Waals surface area contributed by atoms with Crippen LogP contribution in [-0.2, 0) is 14.8 Å². The molecule has 0 saturated heterocycles. The highest BCUT2D eigenvalue weighted by Gasteiger charge is 2.21. The first-order valence-corrected chi connectivity index (χ1v) is 10.2. The number of hydrogen-bond donors (Lipinski definition) is 1. The van der Waals surface area contributed by atoms with E-state index in [1.165, 1.54) is 12.1 Å². The van der Waals surface area contributed by atoms with Gasteiger partial charge in [0.2, 0.25) is 15.9 Å². The standard InChI is InChI=1S/C19H23FN2O4S/c1-14-4-10-18(11-5-14)26-13-15(2)21-19(23)12-22(27(3,24)25)17-8-6-16(20)7-9-17/h4-11,15H,12-13H2,1-3H3,(H,21,23). The SMILES string of the molecule is Cc1ccc(OCC(C)NC(=O)CN(c2ccc(F)cc2)S(C)(=O)=O)cc1. The fraction of sp³-hybridized carbons (Fsp3) is 0.316. The van der Waals surface area contributed by atoms with Gasteiger partial charge in [0.1, 0.15) is 24.7 Å². The summed E-state index contributed by atoms with van der Waals surface area (Å²) in [5, 5.41) is 2.70.